The first-order chi connectivity index (χ1) is 5.61. The topological polar surface area (TPSA) is 17.1 Å². The molecule has 64 valence electrons. The standard InChI is InChI=1S/C9H8BrClO/c1-6(12)5-7-3-2-4-8(11)9(7)10/h2-4H,5H2,1H3. The van der Waals surface area contributed by atoms with Gasteiger partial charge in [0.25, 0.3) is 0 Å². The van der Waals surface area contributed by atoms with Gasteiger partial charge < -0.3 is 0 Å². The van der Waals surface area contributed by atoms with Crippen molar-refractivity contribution in [3.05, 3.63) is 33.3 Å². The van der Waals surface area contributed by atoms with E-state index in [4.69, 9.17) is 11.6 Å². The molecular weight excluding hydrogens is 239 g/mol. The van der Waals surface area contributed by atoms with E-state index in [1.54, 1.807) is 13.0 Å². The Bertz CT molecular complexity index is 309. The second kappa shape index (κ2) is 4.06. The van der Waals surface area contributed by atoms with Gasteiger partial charge in [0.15, 0.2) is 0 Å². The van der Waals surface area contributed by atoms with Crippen molar-refractivity contribution in [1.82, 2.24) is 0 Å². The second-order valence-corrected chi connectivity index (χ2v) is 3.79. The Hall–Kier alpha value is -0.340. The zero-order chi connectivity index (χ0) is 9.14. The number of hydrogen-bond acceptors (Lipinski definition) is 1. The molecule has 0 radical (unpaired) electrons. The molecule has 0 aliphatic carbocycles. The average Bonchev–Trinajstić information content (AvgIpc) is 1.98. The van der Waals surface area contributed by atoms with E-state index < -0.39 is 0 Å². The highest BCUT2D eigenvalue weighted by Crippen LogP contribution is 2.26. The highest BCUT2D eigenvalue weighted by molar-refractivity contribution is 9.10. The van der Waals surface area contributed by atoms with Gasteiger partial charge in [0.1, 0.15) is 5.78 Å². The Morgan fingerprint density at radius 2 is 2.25 bits per heavy atom. The van der Waals surface area contributed by atoms with E-state index in [2.05, 4.69) is 15.9 Å². The van der Waals surface area contributed by atoms with E-state index in [-0.39, 0.29) is 5.78 Å². The predicted molar refractivity (Wildman–Crippen MR) is 53.5 cm³/mol. The fraction of sp³-hybridized carbons (Fsp3) is 0.222. The first-order valence-electron chi connectivity index (χ1n) is 3.53. The first kappa shape index (κ1) is 9.75. The number of Topliss-reactive ketones (excluding diaryl/α,β-unsaturated/α-hetero) is 1. The van der Waals surface area contributed by atoms with Crippen molar-refractivity contribution in [1.29, 1.82) is 0 Å². The summed E-state index contributed by atoms with van der Waals surface area (Å²) in [7, 11) is 0. The molecule has 0 saturated carbocycles. The van der Waals surface area contributed by atoms with Gasteiger partial charge in [-0.25, -0.2) is 0 Å². The van der Waals surface area contributed by atoms with Crippen LogP contribution in [0.15, 0.2) is 22.7 Å². The molecule has 1 rings (SSSR count). The van der Waals surface area contributed by atoms with E-state index in [1.165, 1.54) is 0 Å². The molecule has 0 amide bonds. The molecule has 12 heavy (non-hydrogen) atoms. The summed E-state index contributed by atoms with van der Waals surface area (Å²) in [6.45, 7) is 1.56. The molecule has 0 aliphatic rings. The van der Waals surface area contributed by atoms with Crippen molar-refractivity contribution in [2.45, 2.75) is 13.3 Å². The van der Waals surface area contributed by atoms with Gasteiger partial charge in [0.2, 0.25) is 0 Å². The Morgan fingerprint density at radius 3 is 2.83 bits per heavy atom. The van der Waals surface area contributed by atoms with Gasteiger partial charge in [-0.05, 0) is 34.5 Å². The lowest BCUT2D eigenvalue weighted by molar-refractivity contribution is -0.116. The number of carbonyl (C=O) groups is 1. The Kier molecular flexibility index (Phi) is 3.29. The monoisotopic (exact) mass is 246 g/mol. The number of halogens is 2. The summed E-state index contributed by atoms with van der Waals surface area (Å²) in [5.74, 6) is 0.137. The molecule has 0 unspecified atom stereocenters. The van der Waals surface area contributed by atoms with Gasteiger partial charge in [0, 0.05) is 10.9 Å². The van der Waals surface area contributed by atoms with Crippen LogP contribution in [0.5, 0.6) is 0 Å². The van der Waals surface area contributed by atoms with Crippen LogP contribution in [-0.2, 0) is 11.2 Å². The molecule has 1 aromatic rings. The summed E-state index contributed by atoms with van der Waals surface area (Å²) in [5.41, 5.74) is 0.940. The Labute approximate surface area is 84.9 Å². The van der Waals surface area contributed by atoms with Crippen molar-refractivity contribution in [2.75, 3.05) is 0 Å². The molecule has 0 aromatic heterocycles. The van der Waals surface area contributed by atoms with E-state index in [0.717, 1.165) is 10.0 Å². The number of ketones is 1. The molecule has 0 atom stereocenters. The fourth-order valence-corrected chi connectivity index (χ4v) is 1.55. The van der Waals surface area contributed by atoms with Crippen LogP contribution in [0.4, 0.5) is 0 Å². The van der Waals surface area contributed by atoms with E-state index in [9.17, 15) is 4.79 Å². The largest absolute Gasteiger partial charge is 0.300 e. The molecule has 1 aromatic carbocycles. The normalized spacial score (nSPS) is 9.92. The summed E-state index contributed by atoms with van der Waals surface area (Å²) < 4.78 is 0.821. The maximum atomic E-state index is 10.8. The molecule has 0 aliphatic heterocycles. The number of rotatable bonds is 2. The van der Waals surface area contributed by atoms with Crippen LogP contribution in [-0.4, -0.2) is 5.78 Å². The summed E-state index contributed by atoms with van der Waals surface area (Å²) in [6.07, 6.45) is 0.432. The molecular formula is C9H8BrClO. The minimum absolute atomic E-state index is 0.137. The Balaban J connectivity index is 3.00. The van der Waals surface area contributed by atoms with Crippen LogP contribution < -0.4 is 0 Å². The summed E-state index contributed by atoms with van der Waals surface area (Å²) in [4.78, 5) is 10.8. The molecule has 0 heterocycles. The number of hydrogen-bond donors (Lipinski definition) is 0. The SMILES string of the molecule is CC(=O)Cc1cccc(Cl)c1Br. The minimum Gasteiger partial charge on any atom is -0.300 e. The van der Waals surface area contributed by atoms with Crippen molar-refractivity contribution < 1.29 is 4.79 Å². The molecule has 0 saturated heterocycles. The van der Waals surface area contributed by atoms with E-state index in [1.807, 2.05) is 12.1 Å². The van der Waals surface area contributed by atoms with Gasteiger partial charge in [-0.3, -0.25) is 4.79 Å². The van der Waals surface area contributed by atoms with Gasteiger partial charge >= 0.3 is 0 Å². The van der Waals surface area contributed by atoms with Crippen LogP contribution in [0.25, 0.3) is 0 Å². The van der Waals surface area contributed by atoms with E-state index in [0.29, 0.717) is 11.4 Å². The zero-order valence-corrected chi connectivity index (χ0v) is 8.95. The van der Waals surface area contributed by atoms with Crippen molar-refractivity contribution in [3.8, 4) is 0 Å². The lowest BCUT2D eigenvalue weighted by Gasteiger charge is -2.02. The lowest BCUT2D eigenvalue weighted by atomic mass is 10.1. The minimum atomic E-state index is 0.137. The molecule has 0 bridgehead atoms. The third kappa shape index (κ3) is 2.32. The zero-order valence-electron chi connectivity index (χ0n) is 6.60. The third-order valence-corrected chi connectivity index (χ3v) is 2.95. The smallest absolute Gasteiger partial charge is 0.134 e. The summed E-state index contributed by atoms with van der Waals surface area (Å²) in [5, 5.41) is 0.647. The fourth-order valence-electron chi connectivity index (χ4n) is 0.953. The molecule has 3 heteroatoms. The lowest BCUT2D eigenvalue weighted by Crippen LogP contribution is -1.96. The van der Waals surface area contributed by atoms with Gasteiger partial charge in [-0.15, -0.1) is 0 Å². The van der Waals surface area contributed by atoms with Crippen molar-refractivity contribution in [3.63, 3.8) is 0 Å². The predicted octanol–water partition coefficient (Wildman–Crippen LogP) is 3.23. The van der Waals surface area contributed by atoms with Crippen LogP contribution >= 0.6 is 27.5 Å². The second-order valence-electron chi connectivity index (χ2n) is 2.59. The maximum Gasteiger partial charge on any atom is 0.134 e. The number of carbonyl (C=O) groups excluding carboxylic acids is 1. The van der Waals surface area contributed by atoms with Crippen LogP contribution in [0.3, 0.4) is 0 Å². The highest BCUT2D eigenvalue weighted by atomic mass is 79.9. The van der Waals surface area contributed by atoms with Crippen LogP contribution in [0.2, 0.25) is 5.02 Å². The molecule has 0 fully saturated rings. The van der Waals surface area contributed by atoms with Crippen molar-refractivity contribution >= 4 is 33.3 Å². The summed E-state index contributed by atoms with van der Waals surface area (Å²) in [6, 6.07) is 5.51. The van der Waals surface area contributed by atoms with Crippen LogP contribution in [0.1, 0.15) is 12.5 Å². The van der Waals surface area contributed by atoms with Gasteiger partial charge in [-0.2, -0.15) is 0 Å². The maximum absolute atomic E-state index is 10.8. The first-order valence-corrected chi connectivity index (χ1v) is 4.70. The third-order valence-electron chi connectivity index (χ3n) is 1.47. The molecule has 1 nitrogen and oxygen atoms in total. The average molecular weight is 248 g/mol. The van der Waals surface area contributed by atoms with Crippen molar-refractivity contribution in [2.24, 2.45) is 0 Å². The molecule has 0 spiro atoms. The summed E-state index contributed by atoms with van der Waals surface area (Å²) >= 11 is 9.16. The number of benzene rings is 1. The molecule has 0 N–H and O–H groups in total. The quantitative estimate of drug-likeness (QED) is 0.784. The Morgan fingerprint density at radius 1 is 1.58 bits per heavy atom. The van der Waals surface area contributed by atoms with Crippen LogP contribution in [0, 0.1) is 0 Å². The highest BCUT2D eigenvalue weighted by Gasteiger charge is 2.04. The van der Waals surface area contributed by atoms with E-state index >= 15 is 0 Å². The van der Waals surface area contributed by atoms with Gasteiger partial charge in [-0.1, -0.05) is 23.7 Å². The van der Waals surface area contributed by atoms with Gasteiger partial charge in [0.05, 0.1) is 5.02 Å².